The number of hydrogen-bond donors (Lipinski definition) is 3. The lowest BCUT2D eigenvalue weighted by atomic mass is 9.74. The van der Waals surface area contributed by atoms with Crippen molar-refractivity contribution in [2.45, 2.75) is 83.9 Å². The van der Waals surface area contributed by atoms with E-state index in [-0.39, 0.29) is 24.3 Å². The van der Waals surface area contributed by atoms with Crippen molar-refractivity contribution in [3.8, 4) is 0 Å². The average molecular weight is 476 g/mol. The molecule has 1 aromatic heterocycles. The normalized spacial score (nSPS) is 23.0. The van der Waals surface area contributed by atoms with E-state index >= 15 is 0 Å². The number of aromatic nitrogens is 3. The Morgan fingerprint density at radius 1 is 1.18 bits per heavy atom. The van der Waals surface area contributed by atoms with Crippen LogP contribution in [-0.4, -0.2) is 72.6 Å². The molecule has 3 rings (SSSR count). The molecule has 0 saturated carbocycles. The third-order valence-electron chi connectivity index (χ3n) is 6.87. The van der Waals surface area contributed by atoms with Gasteiger partial charge in [0, 0.05) is 32.6 Å². The van der Waals surface area contributed by atoms with E-state index in [1.165, 1.54) is 6.92 Å². The first-order valence-corrected chi connectivity index (χ1v) is 12.1. The van der Waals surface area contributed by atoms with E-state index in [2.05, 4.69) is 15.6 Å². The molecule has 1 aliphatic carbocycles. The Labute approximate surface area is 200 Å². The van der Waals surface area contributed by atoms with Crippen LogP contribution in [-0.2, 0) is 27.3 Å². The number of amides is 2. The van der Waals surface area contributed by atoms with Crippen LogP contribution in [0.4, 0.5) is 0 Å². The summed E-state index contributed by atoms with van der Waals surface area (Å²) in [6.45, 7) is 6.42. The molecule has 1 fully saturated rings. The van der Waals surface area contributed by atoms with E-state index < -0.39 is 23.0 Å². The van der Waals surface area contributed by atoms with Gasteiger partial charge in [-0.25, -0.2) is 4.68 Å². The van der Waals surface area contributed by atoms with E-state index in [0.29, 0.717) is 57.3 Å². The van der Waals surface area contributed by atoms with Crippen LogP contribution in [0.2, 0.25) is 0 Å². The second-order valence-corrected chi connectivity index (χ2v) is 10.3. The second-order valence-electron chi connectivity index (χ2n) is 10.3. The standard InChI is InChI=1S/C24H37N5O5/c1-17(2)13-20(25-18(3)30)21(31)28-11-9-24(34,10-12-28)16-29-15-19(26-27-29)14-23(22(32)33)7-5-4-6-8-23/h4-5,15,17,20,34H,6-14,16H2,1-3H3,(H,25,30)(H,32,33). The van der Waals surface area contributed by atoms with Gasteiger partial charge in [-0.15, -0.1) is 5.10 Å². The molecule has 0 aromatic carbocycles. The van der Waals surface area contributed by atoms with Gasteiger partial charge in [-0.3, -0.25) is 14.4 Å². The number of likely N-dealkylation sites (tertiary alicyclic amines) is 1. The Morgan fingerprint density at radius 3 is 2.44 bits per heavy atom. The smallest absolute Gasteiger partial charge is 0.310 e. The fourth-order valence-corrected chi connectivity index (χ4v) is 4.92. The summed E-state index contributed by atoms with van der Waals surface area (Å²) in [6, 6.07) is -0.558. The van der Waals surface area contributed by atoms with Crippen LogP contribution in [0.1, 0.15) is 65.0 Å². The topological polar surface area (TPSA) is 138 Å². The van der Waals surface area contributed by atoms with Crippen molar-refractivity contribution in [2.24, 2.45) is 11.3 Å². The molecule has 2 aliphatic rings. The molecule has 10 heteroatoms. The average Bonchev–Trinajstić information content (AvgIpc) is 3.19. The highest BCUT2D eigenvalue weighted by molar-refractivity contribution is 5.87. The lowest BCUT2D eigenvalue weighted by molar-refractivity contribution is -0.149. The Hall–Kier alpha value is -2.75. The monoisotopic (exact) mass is 475 g/mol. The van der Waals surface area contributed by atoms with Gasteiger partial charge in [0.15, 0.2) is 0 Å². The largest absolute Gasteiger partial charge is 0.481 e. The third-order valence-corrected chi connectivity index (χ3v) is 6.87. The van der Waals surface area contributed by atoms with E-state index in [1.807, 2.05) is 26.0 Å². The van der Waals surface area contributed by atoms with Crippen molar-refractivity contribution in [3.63, 3.8) is 0 Å². The highest BCUT2D eigenvalue weighted by Gasteiger charge is 2.40. The fraction of sp³-hybridized carbons (Fsp3) is 0.708. The van der Waals surface area contributed by atoms with Gasteiger partial charge in [0.05, 0.1) is 23.3 Å². The number of nitrogens with zero attached hydrogens (tertiary/aromatic N) is 4. The molecule has 188 valence electrons. The van der Waals surface area contributed by atoms with Crippen LogP contribution < -0.4 is 5.32 Å². The van der Waals surface area contributed by atoms with Gasteiger partial charge in [-0.1, -0.05) is 31.2 Å². The maximum absolute atomic E-state index is 13.0. The minimum absolute atomic E-state index is 0.116. The first-order valence-electron chi connectivity index (χ1n) is 12.1. The molecule has 2 heterocycles. The predicted molar refractivity (Wildman–Crippen MR) is 125 cm³/mol. The van der Waals surface area contributed by atoms with Gasteiger partial charge >= 0.3 is 5.97 Å². The number of carbonyl (C=O) groups is 3. The zero-order valence-electron chi connectivity index (χ0n) is 20.4. The van der Waals surface area contributed by atoms with E-state index in [0.717, 1.165) is 6.42 Å². The summed E-state index contributed by atoms with van der Waals surface area (Å²) in [4.78, 5) is 38.1. The molecular formula is C24H37N5O5. The zero-order chi connectivity index (χ0) is 24.9. The first-order chi connectivity index (χ1) is 16.0. The Kier molecular flexibility index (Phi) is 8.12. The van der Waals surface area contributed by atoms with Crippen molar-refractivity contribution < 1.29 is 24.6 Å². The number of allylic oxidation sites excluding steroid dienone is 2. The number of carboxylic acid groups (broad SMARTS) is 1. The number of nitrogens with one attached hydrogen (secondary N) is 1. The van der Waals surface area contributed by atoms with Crippen LogP contribution in [0.15, 0.2) is 18.3 Å². The maximum Gasteiger partial charge on any atom is 0.310 e. The van der Waals surface area contributed by atoms with Gasteiger partial charge in [0.25, 0.3) is 0 Å². The Balaban J connectivity index is 1.58. The van der Waals surface area contributed by atoms with Crippen LogP contribution in [0.3, 0.4) is 0 Å². The van der Waals surface area contributed by atoms with E-state index in [4.69, 9.17) is 0 Å². The molecule has 3 N–H and O–H groups in total. The second kappa shape index (κ2) is 10.7. The van der Waals surface area contributed by atoms with Crippen LogP contribution >= 0.6 is 0 Å². The number of aliphatic hydroxyl groups is 1. The first kappa shape index (κ1) is 25.9. The number of carbonyl (C=O) groups excluding carboxylic acids is 2. The Bertz CT molecular complexity index is 919. The molecule has 1 saturated heterocycles. The van der Waals surface area contributed by atoms with E-state index in [1.54, 1.807) is 15.8 Å². The molecule has 0 radical (unpaired) electrons. The summed E-state index contributed by atoms with van der Waals surface area (Å²) in [5, 5.41) is 32.0. The summed E-state index contributed by atoms with van der Waals surface area (Å²) in [5.41, 5.74) is -1.30. The molecular weight excluding hydrogens is 438 g/mol. The molecule has 2 amide bonds. The Morgan fingerprint density at radius 2 is 1.88 bits per heavy atom. The van der Waals surface area contributed by atoms with Gasteiger partial charge < -0.3 is 20.4 Å². The third kappa shape index (κ3) is 6.43. The highest BCUT2D eigenvalue weighted by Crippen LogP contribution is 2.36. The zero-order valence-corrected chi connectivity index (χ0v) is 20.4. The summed E-state index contributed by atoms with van der Waals surface area (Å²) < 4.78 is 1.57. The molecule has 1 aliphatic heterocycles. The van der Waals surface area contributed by atoms with Crippen molar-refractivity contribution in [2.75, 3.05) is 13.1 Å². The van der Waals surface area contributed by atoms with Crippen LogP contribution in [0.25, 0.3) is 0 Å². The van der Waals surface area contributed by atoms with E-state index in [9.17, 15) is 24.6 Å². The molecule has 0 bridgehead atoms. The summed E-state index contributed by atoms with van der Waals surface area (Å²) in [7, 11) is 0. The summed E-state index contributed by atoms with van der Waals surface area (Å²) in [5.74, 6) is -0.913. The molecule has 2 atom stereocenters. The summed E-state index contributed by atoms with van der Waals surface area (Å²) in [6.07, 6.45) is 9.03. The number of aliphatic carboxylic acids is 1. The number of carboxylic acids is 1. The molecule has 1 aromatic rings. The maximum atomic E-state index is 13.0. The SMILES string of the molecule is CC(=O)NC(CC(C)C)C(=O)N1CCC(O)(Cn2cc(CC3(C(=O)O)CC=CCC3)nn2)CC1. The molecule has 34 heavy (non-hydrogen) atoms. The lowest BCUT2D eigenvalue weighted by Gasteiger charge is -2.39. The minimum atomic E-state index is -1.04. The number of hydrogen-bond acceptors (Lipinski definition) is 6. The highest BCUT2D eigenvalue weighted by atomic mass is 16.4. The van der Waals surface area contributed by atoms with Gasteiger partial charge in [-0.2, -0.15) is 0 Å². The van der Waals surface area contributed by atoms with Gasteiger partial charge in [0.1, 0.15) is 6.04 Å². The van der Waals surface area contributed by atoms with Crippen LogP contribution in [0, 0.1) is 11.3 Å². The van der Waals surface area contributed by atoms with Crippen molar-refractivity contribution >= 4 is 17.8 Å². The van der Waals surface area contributed by atoms with Crippen molar-refractivity contribution in [1.82, 2.24) is 25.2 Å². The predicted octanol–water partition coefficient (Wildman–Crippen LogP) is 1.54. The fourth-order valence-electron chi connectivity index (χ4n) is 4.92. The quantitative estimate of drug-likeness (QED) is 0.461. The lowest BCUT2D eigenvalue weighted by Crippen LogP contribution is -2.54. The number of piperidine rings is 1. The number of rotatable bonds is 9. The minimum Gasteiger partial charge on any atom is -0.481 e. The van der Waals surface area contributed by atoms with Crippen molar-refractivity contribution in [1.29, 1.82) is 0 Å². The summed E-state index contributed by atoms with van der Waals surface area (Å²) >= 11 is 0. The van der Waals surface area contributed by atoms with Crippen molar-refractivity contribution in [3.05, 3.63) is 24.0 Å². The van der Waals surface area contributed by atoms with Gasteiger partial charge in [0.2, 0.25) is 11.8 Å². The molecule has 10 nitrogen and oxygen atoms in total. The molecule has 0 spiro atoms. The van der Waals surface area contributed by atoms with Crippen LogP contribution in [0.5, 0.6) is 0 Å². The van der Waals surface area contributed by atoms with Gasteiger partial charge in [-0.05, 0) is 44.4 Å². The molecule has 2 unspecified atom stereocenters.